The maximum atomic E-state index is 11.8. The number of carbonyl (C=O) groups is 1. The first-order valence-electron chi connectivity index (χ1n) is 6.85. The highest BCUT2D eigenvalue weighted by Gasteiger charge is 2.15. The van der Waals surface area contributed by atoms with Crippen molar-refractivity contribution >= 4 is 11.6 Å². The second-order valence-electron chi connectivity index (χ2n) is 5.06. The fourth-order valence-corrected chi connectivity index (χ4v) is 2.23. The lowest BCUT2D eigenvalue weighted by molar-refractivity contribution is -0.115. The van der Waals surface area contributed by atoms with Crippen molar-refractivity contribution in [2.75, 3.05) is 25.0 Å². The summed E-state index contributed by atoms with van der Waals surface area (Å²) in [4.78, 5) is 11.8. The van der Waals surface area contributed by atoms with Gasteiger partial charge in [-0.15, -0.1) is 0 Å². The van der Waals surface area contributed by atoms with E-state index in [1.54, 1.807) is 0 Å². The molecule has 0 spiro atoms. The van der Waals surface area contributed by atoms with E-state index < -0.39 is 0 Å². The lowest BCUT2D eigenvalue weighted by atomic mass is 10.1. The van der Waals surface area contributed by atoms with Crippen LogP contribution in [-0.2, 0) is 9.53 Å². The monoisotopic (exact) mass is 262 g/mol. The molecule has 1 fully saturated rings. The summed E-state index contributed by atoms with van der Waals surface area (Å²) in [6.07, 6.45) is 2.49. The zero-order valence-electron chi connectivity index (χ0n) is 11.7. The Hall–Kier alpha value is -1.39. The largest absolute Gasteiger partial charge is 0.377 e. The molecule has 1 aliphatic heterocycles. The number of nitrogens with one attached hydrogen (secondary N) is 2. The van der Waals surface area contributed by atoms with Gasteiger partial charge in [-0.3, -0.25) is 4.79 Å². The molecule has 0 saturated carbocycles. The third-order valence-electron chi connectivity index (χ3n) is 3.56. The molecule has 1 saturated heterocycles. The average Bonchev–Trinajstić information content (AvgIpc) is 2.88. The minimum atomic E-state index is -0.00769. The van der Waals surface area contributed by atoms with E-state index in [0.717, 1.165) is 37.2 Å². The van der Waals surface area contributed by atoms with Gasteiger partial charge in [0.05, 0.1) is 12.6 Å². The number of benzene rings is 1. The third kappa shape index (κ3) is 4.04. The van der Waals surface area contributed by atoms with Gasteiger partial charge in [0.2, 0.25) is 5.91 Å². The summed E-state index contributed by atoms with van der Waals surface area (Å²) in [7, 11) is 0. The average molecular weight is 262 g/mol. The summed E-state index contributed by atoms with van der Waals surface area (Å²) < 4.78 is 5.49. The molecule has 1 aromatic carbocycles. The van der Waals surface area contributed by atoms with Crippen molar-refractivity contribution in [2.24, 2.45) is 0 Å². The van der Waals surface area contributed by atoms with E-state index in [-0.39, 0.29) is 12.0 Å². The minimum absolute atomic E-state index is 0.00769. The highest BCUT2D eigenvalue weighted by molar-refractivity contribution is 5.93. The van der Waals surface area contributed by atoms with E-state index in [1.807, 2.05) is 32.0 Å². The van der Waals surface area contributed by atoms with Crippen molar-refractivity contribution in [2.45, 2.75) is 32.8 Å². The van der Waals surface area contributed by atoms with Crippen molar-refractivity contribution in [1.82, 2.24) is 5.32 Å². The number of amides is 1. The van der Waals surface area contributed by atoms with E-state index in [1.165, 1.54) is 5.56 Å². The predicted molar refractivity (Wildman–Crippen MR) is 76.4 cm³/mol. The lowest BCUT2D eigenvalue weighted by Crippen LogP contribution is -2.33. The van der Waals surface area contributed by atoms with Gasteiger partial charge in [0, 0.05) is 18.8 Å². The normalized spacial score (nSPS) is 18.5. The van der Waals surface area contributed by atoms with Crippen LogP contribution < -0.4 is 10.6 Å². The summed E-state index contributed by atoms with van der Waals surface area (Å²) in [6.45, 7) is 5.99. The highest BCUT2D eigenvalue weighted by atomic mass is 16.5. The van der Waals surface area contributed by atoms with Gasteiger partial charge in [0.1, 0.15) is 0 Å². The summed E-state index contributed by atoms with van der Waals surface area (Å²) in [6, 6.07) is 5.93. The number of aryl methyl sites for hydroxylation is 1. The van der Waals surface area contributed by atoms with Crippen LogP contribution in [0.25, 0.3) is 0 Å². The van der Waals surface area contributed by atoms with Crippen LogP contribution >= 0.6 is 0 Å². The first-order chi connectivity index (χ1) is 9.16. The van der Waals surface area contributed by atoms with E-state index in [2.05, 4.69) is 10.6 Å². The zero-order valence-corrected chi connectivity index (χ0v) is 11.7. The van der Waals surface area contributed by atoms with E-state index in [9.17, 15) is 4.79 Å². The predicted octanol–water partition coefficient (Wildman–Crippen LogP) is 2.01. The quantitative estimate of drug-likeness (QED) is 0.853. The fraction of sp³-hybridized carbons (Fsp3) is 0.533. The van der Waals surface area contributed by atoms with Crippen LogP contribution in [0, 0.1) is 13.8 Å². The van der Waals surface area contributed by atoms with Crippen LogP contribution in [0.5, 0.6) is 0 Å². The third-order valence-corrected chi connectivity index (χ3v) is 3.56. The first-order valence-corrected chi connectivity index (χ1v) is 6.85. The van der Waals surface area contributed by atoms with Gasteiger partial charge in [-0.1, -0.05) is 12.1 Å². The van der Waals surface area contributed by atoms with E-state index >= 15 is 0 Å². The summed E-state index contributed by atoms with van der Waals surface area (Å²) in [5.74, 6) is -0.00769. The Kier molecular flexibility index (Phi) is 4.93. The van der Waals surface area contributed by atoms with Crippen LogP contribution in [0.4, 0.5) is 5.69 Å². The van der Waals surface area contributed by atoms with Crippen molar-refractivity contribution in [3.05, 3.63) is 29.3 Å². The molecule has 19 heavy (non-hydrogen) atoms. The summed E-state index contributed by atoms with van der Waals surface area (Å²) in [5, 5.41) is 6.08. The SMILES string of the molecule is Cc1cccc(NC(=O)CNCC2CCCO2)c1C. The Morgan fingerprint density at radius 3 is 3.00 bits per heavy atom. The smallest absolute Gasteiger partial charge is 0.238 e. The molecular weight excluding hydrogens is 240 g/mol. The van der Waals surface area contributed by atoms with Crippen LogP contribution in [0.15, 0.2) is 18.2 Å². The molecule has 0 aromatic heterocycles. The minimum Gasteiger partial charge on any atom is -0.377 e. The van der Waals surface area contributed by atoms with Gasteiger partial charge in [-0.2, -0.15) is 0 Å². The molecule has 0 aliphatic carbocycles. The number of carbonyl (C=O) groups excluding carboxylic acids is 1. The number of rotatable bonds is 5. The molecule has 4 heteroatoms. The second kappa shape index (κ2) is 6.68. The standard InChI is InChI=1S/C15H22N2O2/c1-11-5-3-7-14(12(11)2)17-15(18)10-16-9-13-6-4-8-19-13/h3,5,7,13,16H,4,6,8-10H2,1-2H3,(H,17,18). The molecule has 1 unspecified atom stereocenters. The summed E-state index contributed by atoms with van der Waals surface area (Å²) >= 11 is 0. The topological polar surface area (TPSA) is 50.4 Å². The van der Waals surface area contributed by atoms with Crippen molar-refractivity contribution in [3.63, 3.8) is 0 Å². The van der Waals surface area contributed by atoms with Crippen molar-refractivity contribution in [3.8, 4) is 0 Å². The Balaban J connectivity index is 1.76. The van der Waals surface area contributed by atoms with Crippen molar-refractivity contribution in [1.29, 1.82) is 0 Å². The van der Waals surface area contributed by atoms with Crippen LogP contribution in [0.2, 0.25) is 0 Å². The lowest BCUT2D eigenvalue weighted by Gasteiger charge is -2.12. The van der Waals surface area contributed by atoms with Crippen molar-refractivity contribution < 1.29 is 9.53 Å². The molecule has 1 aliphatic rings. The number of hydrogen-bond acceptors (Lipinski definition) is 3. The Morgan fingerprint density at radius 1 is 1.42 bits per heavy atom. The molecule has 4 nitrogen and oxygen atoms in total. The molecule has 0 bridgehead atoms. The Morgan fingerprint density at radius 2 is 2.26 bits per heavy atom. The van der Waals surface area contributed by atoms with Gasteiger partial charge in [0.15, 0.2) is 0 Å². The van der Waals surface area contributed by atoms with Gasteiger partial charge >= 0.3 is 0 Å². The molecule has 1 atom stereocenters. The van der Waals surface area contributed by atoms with Crippen LogP contribution in [0.3, 0.4) is 0 Å². The van der Waals surface area contributed by atoms with Gasteiger partial charge in [-0.25, -0.2) is 0 Å². The fourth-order valence-electron chi connectivity index (χ4n) is 2.23. The molecule has 1 amide bonds. The maximum Gasteiger partial charge on any atom is 0.238 e. The first kappa shape index (κ1) is 14.0. The Bertz CT molecular complexity index is 440. The molecular formula is C15H22N2O2. The second-order valence-corrected chi connectivity index (χ2v) is 5.06. The molecule has 1 heterocycles. The van der Waals surface area contributed by atoms with E-state index in [0.29, 0.717) is 6.54 Å². The van der Waals surface area contributed by atoms with Crippen LogP contribution in [-0.4, -0.2) is 31.7 Å². The van der Waals surface area contributed by atoms with E-state index in [4.69, 9.17) is 4.74 Å². The van der Waals surface area contributed by atoms with Gasteiger partial charge in [0.25, 0.3) is 0 Å². The van der Waals surface area contributed by atoms with Gasteiger partial charge in [-0.05, 0) is 43.9 Å². The summed E-state index contributed by atoms with van der Waals surface area (Å²) in [5.41, 5.74) is 3.20. The van der Waals surface area contributed by atoms with Gasteiger partial charge < -0.3 is 15.4 Å². The maximum absolute atomic E-state index is 11.8. The zero-order chi connectivity index (χ0) is 13.7. The number of anilines is 1. The van der Waals surface area contributed by atoms with Crippen LogP contribution in [0.1, 0.15) is 24.0 Å². The molecule has 0 radical (unpaired) electrons. The molecule has 104 valence electrons. The Labute approximate surface area is 114 Å². The molecule has 1 aromatic rings. The highest BCUT2D eigenvalue weighted by Crippen LogP contribution is 2.17. The molecule has 2 N–H and O–H groups in total. The molecule has 2 rings (SSSR count). The number of hydrogen-bond donors (Lipinski definition) is 2. The number of ether oxygens (including phenoxy) is 1.